The molecule has 104 valence electrons. The number of nitrogens with zero attached hydrogens (tertiary/aromatic N) is 3. The highest BCUT2D eigenvalue weighted by Gasteiger charge is 2.19. The maximum absolute atomic E-state index is 11.3. The molecule has 0 unspecified atom stereocenters. The van der Waals surface area contributed by atoms with E-state index in [4.69, 9.17) is 0 Å². The van der Waals surface area contributed by atoms with Gasteiger partial charge in [0.2, 0.25) is 0 Å². The molecule has 2 aromatic rings. The number of aromatic carboxylic acids is 1. The van der Waals surface area contributed by atoms with E-state index in [2.05, 4.69) is 15.4 Å². The smallest absolute Gasteiger partial charge is 0.339 e. The number of rotatable bonds is 4. The predicted molar refractivity (Wildman–Crippen MR) is 73.8 cm³/mol. The first-order chi connectivity index (χ1) is 9.63. The Bertz CT molecular complexity index is 663. The summed E-state index contributed by atoms with van der Waals surface area (Å²) in [5.74, 6) is -0.497. The number of pyridine rings is 1. The number of fused-ring (bicyclic) bond motifs is 1. The largest absolute Gasteiger partial charge is 0.478 e. The van der Waals surface area contributed by atoms with E-state index < -0.39 is 5.97 Å². The number of hydrogen-bond donors (Lipinski definition) is 2. The van der Waals surface area contributed by atoms with Crippen LogP contribution in [0.15, 0.2) is 18.5 Å². The second kappa shape index (κ2) is 4.96. The topological polar surface area (TPSA) is 80.0 Å². The lowest BCUT2D eigenvalue weighted by atomic mass is 10.1. The Morgan fingerprint density at radius 3 is 3.05 bits per heavy atom. The molecule has 0 fully saturated rings. The van der Waals surface area contributed by atoms with Gasteiger partial charge in [-0.3, -0.25) is 4.68 Å². The lowest BCUT2D eigenvalue weighted by molar-refractivity contribution is 0.0697. The van der Waals surface area contributed by atoms with Gasteiger partial charge in [-0.2, -0.15) is 5.10 Å². The predicted octanol–water partition coefficient (Wildman–Crippen LogP) is 1.61. The first-order valence-electron chi connectivity index (χ1n) is 6.61. The van der Waals surface area contributed by atoms with Gasteiger partial charge in [-0.15, -0.1) is 0 Å². The second-order valence-electron chi connectivity index (χ2n) is 5.02. The molecule has 0 aromatic carbocycles. The Morgan fingerprint density at radius 1 is 1.50 bits per heavy atom. The van der Waals surface area contributed by atoms with Crippen LogP contribution in [0.3, 0.4) is 0 Å². The van der Waals surface area contributed by atoms with Gasteiger partial charge >= 0.3 is 5.97 Å². The van der Waals surface area contributed by atoms with E-state index in [0.717, 1.165) is 36.1 Å². The van der Waals surface area contributed by atoms with Gasteiger partial charge < -0.3 is 10.4 Å². The molecule has 0 saturated heterocycles. The molecule has 20 heavy (non-hydrogen) atoms. The van der Waals surface area contributed by atoms with Gasteiger partial charge in [0.15, 0.2) is 0 Å². The number of carboxylic acids is 1. The van der Waals surface area contributed by atoms with Crippen LogP contribution in [0.2, 0.25) is 0 Å². The van der Waals surface area contributed by atoms with Gasteiger partial charge in [0.05, 0.1) is 6.20 Å². The summed E-state index contributed by atoms with van der Waals surface area (Å²) in [6, 6.07) is 1.75. The third kappa shape index (κ3) is 2.36. The number of carboxylic acid groups (broad SMARTS) is 1. The fourth-order valence-corrected chi connectivity index (χ4v) is 2.52. The molecule has 2 heterocycles. The van der Waals surface area contributed by atoms with Crippen LogP contribution in [0.25, 0.3) is 0 Å². The zero-order chi connectivity index (χ0) is 14.1. The number of hydrogen-bond acceptors (Lipinski definition) is 4. The summed E-state index contributed by atoms with van der Waals surface area (Å²) in [4.78, 5) is 15.8. The minimum absolute atomic E-state index is 0.245. The van der Waals surface area contributed by atoms with E-state index in [-0.39, 0.29) is 5.56 Å². The van der Waals surface area contributed by atoms with Gasteiger partial charge in [-0.05, 0) is 30.9 Å². The summed E-state index contributed by atoms with van der Waals surface area (Å²) in [5.41, 5.74) is 3.32. The van der Waals surface area contributed by atoms with Gasteiger partial charge in [-0.25, -0.2) is 9.78 Å². The third-order valence-corrected chi connectivity index (χ3v) is 3.50. The van der Waals surface area contributed by atoms with Crippen molar-refractivity contribution in [1.82, 2.24) is 14.8 Å². The fourth-order valence-electron chi connectivity index (χ4n) is 2.52. The number of aryl methyl sites for hydroxylation is 3. The normalized spacial score (nSPS) is 13.2. The van der Waals surface area contributed by atoms with E-state index in [1.165, 1.54) is 0 Å². The fraction of sp³-hybridized carbons (Fsp3) is 0.357. The van der Waals surface area contributed by atoms with E-state index in [1.807, 2.05) is 13.2 Å². The zero-order valence-electron chi connectivity index (χ0n) is 11.3. The molecule has 0 atom stereocenters. The van der Waals surface area contributed by atoms with Gasteiger partial charge in [0.1, 0.15) is 11.4 Å². The summed E-state index contributed by atoms with van der Waals surface area (Å²) in [7, 11) is 1.85. The molecule has 0 spiro atoms. The van der Waals surface area contributed by atoms with Crippen LogP contribution in [-0.4, -0.2) is 25.8 Å². The summed E-state index contributed by atoms with van der Waals surface area (Å²) < 4.78 is 1.71. The first-order valence-corrected chi connectivity index (χ1v) is 6.61. The van der Waals surface area contributed by atoms with Crippen molar-refractivity contribution in [3.63, 3.8) is 0 Å². The number of aromatic nitrogens is 3. The van der Waals surface area contributed by atoms with Crippen LogP contribution in [0, 0.1) is 0 Å². The first kappa shape index (κ1) is 12.7. The molecule has 1 aliphatic carbocycles. The minimum Gasteiger partial charge on any atom is -0.478 e. The van der Waals surface area contributed by atoms with Crippen molar-refractivity contribution < 1.29 is 9.90 Å². The van der Waals surface area contributed by atoms with Crippen molar-refractivity contribution in [2.75, 3.05) is 5.32 Å². The molecule has 2 aromatic heterocycles. The maximum atomic E-state index is 11.3. The molecule has 0 saturated carbocycles. The summed E-state index contributed by atoms with van der Waals surface area (Å²) in [6.45, 7) is 0.514. The Balaban J connectivity index is 1.86. The molecule has 0 radical (unpaired) electrons. The minimum atomic E-state index is -0.944. The maximum Gasteiger partial charge on any atom is 0.339 e. The summed E-state index contributed by atoms with van der Waals surface area (Å²) in [6.07, 6.45) is 6.54. The monoisotopic (exact) mass is 272 g/mol. The van der Waals surface area contributed by atoms with Gasteiger partial charge in [0, 0.05) is 31.0 Å². The molecular formula is C14H16N4O2. The lowest BCUT2D eigenvalue weighted by Crippen LogP contribution is -2.10. The molecule has 3 rings (SSSR count). The highest BCUT2D eigenvalue weighted by Crippen LogP contribution is 2.25. The molecule has 0 amide bonds. The van der Waals surface area contributed by atoms with Crippen LogP contribution in [0.5, 0.6) is 0 Å². The number of carbonyl (C=O) groups is 1. The van der Waals surface area contributed by atoms with Crippen molar-refractivity contribution in [3.8, 4) is 0 Å². The average Bonchev–Trinajstić information content (AvgIpc) is 3.03. The van der Waals surface area contributed by atoms with E-state index in [1.54, 1.807) is 16.9 Å². The highest BCUT2D eigenvalue weighted by atomic mass is 16.4. The van der Waals surface area contributed by atoms with E-state index in [9.17, 15) is 9.90 Å². The molecule has 2 N–H and O–H groups in total. The van der Waals surface area contributed by atoms with Crippen molar-refractivity contribution in [2.24, 2.45) is 7.05 Å². The number of anilines is 1. The Morgan fingerprint density at radius 2 is 2.35 bits per heavy atom. The Labute approximate surface area is 116 Å². The SMILES string of the molecule is Cn1cc(CNc2nc3c(cc2C(=O)O)CCC3)cn1. The van der Waals surface area contributed by atoms with Crippen LogP contribution >= 0.6 is 0 Å². The van der Waals surface area contributed by atoms with Crippen molar-refractivity contribution >= 4 is 11.8 Å². The van der Waals surface area contributed by atoms with E-state index >= 15 is 0 Å². The quantitative estimate of drug-likeness (QED) is 0.884. The van der Waals surface area contributed by atoms with Crippen LogP contribution in [0.4, 0.5) is 5.82 Å². The van der Waals surface area contributed by atoms with Crippen LogP contribution in [0.1, 0.15) is 33.6 Å². The highest BCUT2D eigenvalue weighted by molar-refractivity contribution is 5.93. The third-order valence-electron chi connectivity index (χ3n) is 3.50. The summed E-state index contributed by atoms with van der Waals surface area (Å²) >= 11 is 0. The zero-order valence-corrected chi connectivity index (χ0v) is 11.3. The standard InChI is InChI=1S/C14H16N4O2/c1-18-8-9(7-16-18)6-15-13-11(14(19)20)5-10-3-2-4-12(10)17-13/h5,7-8H,2-4,6H2,1H3,(H,15,17)(H,19,20). The molecule has 1 aliphatic rings. The lowest BCUT2D eigenvalue weighted by Gasteiger charge is -2.10. The molecule has 0 bridgehead atoms. The van der Waals surface area contributed by atoms with Gasteiger partial charge in [0.25, 0.3) is 0 Å². The van der Waals surface area contributed by atoms with Gasteiger partial charge in [-0.1, -0.05) is 0 Å². The Hall–Kier alpha value is -2.37. The number of nitrogens with one attached hydrogen (secondary N) is 1. The molecule has 6 heteroatoms. The average molecular weight is 272 g/mol. The molecule has 6 nitrogen and oxygen atoms in total. The van der Waals surface area contributed by atoms with Crippen molar-refractivity contribution in [1.29, 1.82) is 0 Å². The Kier molecular flexibility index (Phi) is 3.14. The van der Waals surface area contributed by atoms with Crippen molar-refractivity contribution in [2.45, 2.75) is 25.8 Å². The van der Waals surface area contributed by atoms with Crippen molar-refractivity contribution in [3.05, 3.63) is 40.8 Å². The molecular weight excluding hydrogens is 256 g/mol. The van der Waals surface area contributed by atoms with Crippen LogP contribution in [-0.2, 0) is 26.4 Å². The van der Waals surface area contributed by atoms with E-state index in [0.29, 0.717) is 12.4 Å². The summed E-state index contributed by atoms with van der Waals surface area (Å²) in [5, 5.41) is 16.5. The molecule has 0 aliphatic heterocycles. The van der Waals surface area contributed by atoms with Crippen LogP contribution < -0.4 is 5.32 Å². The second-order valence-corrected chi connectivity index (χ2v) is 5.02.